The smallest absolute Gasteiger partial charge is 0.123 e. The molecule has 0 atom stereocenters. The highest BCUT2D eigenvalue weighted by molar-refractivity contribution is 6.09. The first kappa shape index (κ1) is 37.0. The van der Waals surface area contributed by atoms with Gasteiger partial charge in [-0.3, -0.25) is 0 Å². The summed E-state index contributed by atoms with van der Waals surface area (Å²) in [5.74, 6) is -0.256. The third kappa shape index (κ3) is 5.51. The van der Waals surface area contributed by atoms with E-state index >= 15 is 0 Å². The molecule has 0 saturated carbocycles. The van der Waals surface area contributed by atoms with Crippen molar-refractivity contribution in [2.45, 2.75) is 43.9 Å². The molecular formula is C59H46FN. The molecule has 3 aliphatic carbocycles. The maximum Gasteiger partial charge on any atom is 0.123 e. The summed E-state index contributed by atoms with van der Waals surface area (Å²) in [7, 11) is 0. The summed E-state index contributed by atoms with van der Waals surface area (Å²) in [6.45, 7) is 9.57. The lowest BCUT2D eigenvalue weighted by Gasteiger charge is -2.35. The molecule has 0 bridgehead atoms. The zero-order valence-electron chi connectivity index (χ0n) is 35.0. The van der Waals surface area contributed by atoms with Crippen molar-refractivity contribution in [3.8, 4) is 11.1 Å². The molecule has 0 unspecified atom stereocenters. The molecule has 2 heteroatoms. The minimum atomic E-state index is -0.606. The van der Waals surface area contributed by atoms with Crippen molar-refractivity contribution < 1.29 is 4.39 Å². The first-order valence-electron chi connectivity index (χ1n) is 21.4. The maximum atomic E-state index is 14.3. The van der Waals surface area contributed by atoms with Crippen molar-refractivity contribution in [1.82, 2.24) is 0 Å². The van der Waals surface area contributed by atoms with Crippen LogP contribution in [0.2, 0.25) is 0 Å². The van der Waals surface area contributed by atoms with E-state index in [0.29, 0.717) is 0 Å². The van der Waals surface area contributed by atoms with Gasteiger partial charge in [-0.15, -0.1) is 0 Å². The number of rotatable bonds is 7. The van der Waals surface area contributed by atoms with Gasteiger partial charge in [-0.05, 0) is 133 Å². The Kier molecular flexibility index (Phi) is 8.35. The standard InChI is InChI=1S/C59H46FN/c1-57(2)51-23-15-14-22-49(51)55-56(57)50-34-27-39(36-52(50)58(55,3)4)24-25-40-26-33-47-48-35-32-46(61(44-20-12-7-13-21-44)45-30-28-43(60)29-31-45)38-54(48)59(53(47)37-40,41-16-8-5-9-17-41)42-18-10-6-11-19-42/h5-38H,1-4H3. The van der Waals surface area contributed by atoms with Crippen molar-refractivity contribution in [3.63, 3.8) is 0 Å². The van der Waals surface area contributed by atoms with Crippen LogP contribution in [0.5, 0.6) is 0 Å². The summed E-state index contributed by atoms with van der Waals surface area (Å²) in [5.41, 5.74) is 20.4. The highest BCUT2D eigenvalue weighted by Gasteiger charge is 2.50. The number of hydrogen-bond donors (Lipinski definition) is 0. The van der Waals surface area contributed by atoms with Crippen LogP contribution in [-0.4, -0.2) is 0 Å². The van der Waals surface area contributed by atoms with Crippen LogP contribution < -0.4 is 4.90 Å². The highest BCUT2D eigenvalue weighted by atomic mass is 19.1. The average molecular weight is 788 g/mol. The topological polar surface area (TPSA) is 3.24 Å². The first-order valence-corrected chi connectivity index (χ1v) is 21.4. The van der Waals surface area contributed by atoms with Crippen LogP contribution in [0, 0.1) is 5.82 Å². The summed E-state index contributed by atoms with van der Waals surface area (Å²) < 4.78 is 14.3. The Hall–Kier alpha value is -7.03. The lowest BCUT2D eigenvalue weighted by atomic mass is 9.67. The molecule has 0 aromatic heterocycles. The third-order valence-corrected chi connectivity index (χ3v) is 13.7. The van der Waals surface area contributed by atoms with E-state index in [-0.39, 0.29) is 16.6 Å². The lowest BCUT2D eigenvalue weighted by Crippen LogP contribution is -2.28. The van der Waals surface area contributed by atoms with E-state index < -0.39 is 5.41 Å². The zero-order valence-corrected chi connectivity index (χ0v) is 35.0. The molecule has 8 aromatic carbocycles. The van der Waals surface area contributed by atoms with Crippen molar-refractivity contribution >= 4 is 40.4 Å². The Morgan fingerprint density at radius 1 is 0.377 bits per heavy atom. The van der Waals surface area contributed by atoms with Gasteiger partial charge >= 0.3 is 0 Å². The van der Waals surface area contributed by atoms with Crippen molar-refractivity contribution in [2.24, 2.45) is 0 Å². The van der Waals surface area contributed by atoms with Crippen molar-refractivity contribution in [3.05, 3.63) is 256 Å². The molecule has 61 heavy (non-hydrogen) atoms. The molecule has 0 N–H and O–H groups in total. The Labute approximate surface area is 358 Å². The summed E-state index contributed by atoms with van der Waals surface area (Å²) in [5, 5.41) is 0. The minimum Gasteiger partial charge on any atom is -0.310 e. The van der Waals surface area contributed by atoms with Crippen molar-refractivity contribution in [2.75, 3.05) is 4.90 Å². The fraction of sp³-hybridized carbons (Fsp3) is 0.119. The SMILES string of the molecule is CC1(C)C2=C(c3ccccc31)C(C)(C)c1cc(C=Cc3ccc4c(c3)C(c3ccccc3)(c3ccccc3)c3cc(N(c5ccccc5)c5ccc(F)cc5)ccc3-4)ccc12. The van der Waals surface area contributed by atoms with Gasteiger partial charge in [-0.1, -0.05) is 179 Å². The third-order valence-electron chi connectivity index (χ3n) is 13.7. The lowest BCUT2D eigenvalue weighted by molar-refractivity contribution is 0.628. The Morgan fingerprint density at radius 2 is 0.820 bits per heavy atom. The number of fused-ring (bicyclic) bond motifs is 7. The first-order chi connectivity index (χ1) is 29.7. The van der Waals surface area contributed by atoms with Crippen LogP contribution >= 0.6 is 0 Å². The largest absolute Gasteiger partial charge is 0.310 e. The van der Waals surface area contributed by atoms with Crippen LogP contribution in [0.1, 0.15) is 83.3 Å². The maximum absolute atomic E-state index is 14.3. The predicted molar refractivity (Wildman–Crippen MR) is 253 cm³/mol. The van der Waals surface area contributed by atoms with Crippen LogP contribution in [0.15, 0.2) is 194 Å². The van der Waals surface area contributed by atoms with E-state index in [1.165, 1.54) is 84.5 Å². The van der Waals surface area contributed by atoms with Gasteiger partial charge in [-0.25, -0.2) is 4.39 Å². The van der Waals surface area contributed by atoms with E-state index in [9.17, 15) is 4.39 Å². The summed E-state index contributed by atoms with van der Waals surface area (Å²) in [4.78, 5) is 2.22. The summed E-state index contributed by atoms with van der Waals surface area (Å²) in [6, 6.07) is 68.9. The zero-order chi connectivity index (χ0) is 41.5. The van der Waals surface area contributed by atoms with Crippen LogP contribution in [0.25, 0.3) is 34.4 Å². The number of anilines is 3. The second kappa shape index (κ2) is 13.8. The Bertz CT molecular complexity index is 3020. The monoisotopic (exact) mass is 787 g/mol. The second-order valence-electron chi connectivity index (χ2n) is 17.8. The molecule has 0 saturated heterocycles. The summed E-state index contributed by atoms with van der Waals surface area (Å²) in [6.07, 6.45) is 4.57. The van der Waals surface area contributed by atoms with Gasteiger partial charge in [0.2, 0.25) is 0 Å². The van der Waals surface area contributed by atoms with Crippen molar-refractivity contribution in [1.29, 1.82) is 0 Å². The van der Waals surface area contributed by atoms with E-state index in [1.807, 2.05) is 18.2 Å². The molecule has 0 aliphatic heterocycles. The fourth-order valence-corrected chi connectivity index (χ4v) is 11.0. The number of hydrogen-bond acceptors (Lipinski definition) is 1. The van der Waals surface area contributed by atoms with Crippen LogP contribution in [0.4, 0.5) is 21.5 Å². The van der Waals surface area contributed by atoms with Crippen LogP contribution in [0.3, 0.4) is 0 Å². The number of allylic oxidation sites excluding steroid dienone is 2. The number of halogens is 1. The molecule has 1 nitrogen and oxygen atoms in total. The molecular weight excluding hydrogens is 742 g/mol. The molecule has 294 valence electrons. The van der Waals surface area contributed by atoms with Gasteiger partial charge in [0.05, 0.1) is 5.41 Å². The number of para-hydroxylation sites is 1. The van der Waals surface area contributed by atoms with Crippen LogP contribution in [-0.2, 0) is 16.2 Å². The molecule has 0 spiro atoms. The molecule has 11 rings (SSSR count). The summed E-state index contributed by atoms with van der Waals surface area (Å²) >= 11 is 0. The Balaban J connectivity index is 1.05. The highest BCUT2D eigenvalue weighted by Crippen LogP contribution is 2.63. The minimum absolute atomic E-state index is 0.0423. The van der Waals surface area contributed by atoms with E-state index in [1.54, 1.807) is 0 Å². The van der Waals surface area contributed by atoms with Gasteiger partial charge in [0, 0.05) is 27.9 Å². The predicted octanol–water partition coefficient (Wildman–Crippen LogP) is 15.3. The van der Waals surface area contributed by atoms with E-state index in [2.05, 4.69) is 209 Å². The van der Waals surface area contributed by atoms with E-state index in [4.69, 9.17) is 0 Å². The fourth-order valence-electron chi connectivity index (χ4n) is 11.0. The van der Waals surface area contributed by atoms with Gasteiger partial charge in [0.25, 0.3) is 0 Å². The van der Waals surface area contributed by atoms with Gasteiger partial charge in [-0.2, -0.15) is 0 Å². The molecule has 0 radical (unpaired) electrons. The van der Waals surface area contributed by atoms with Gasteiger partial charge < -0.3 is 4.90 Å². The molecule has 0 amide bonds. The molecule has 3 aliphatic rings. The molecule has 0 fully saturated rings. The second-order valence-corrected chi connectivity index (χ2v) is 17.8. The normalized spacial score (nSPS) is 15.9. The van der Waals surface area contributed by atoms with Gasteiger partial charge in [0.1, 0.15) is 5.82 Å². The molecule has 8 aromatic rings. The number of benzene rings is 8. The van der Waals surface area contributed by atoms with E-state index in [0.717, 1.165) is 22.6 Å². The van der Waals surface area contributed by atoms with Gasteiger partial charge in [0.15, 0.2) is 0 Å². The quantitative estimate of drug-likeness (QED) is 0.145. The number of nitrogens with zero attached hydrogens (tertiary/aromatic N) is 1. The average Bonchev–Trinajstić information content (AvgIpc) is 3.82. The molecule has 0 heterocycles. The Morgan fingerprint density at radius 3 is 1.44 bits per heavy atom.